The lowest BCUT2D eigenvalue weighted by Gasteiger charge is -2.21. The Morgan fingerprint density at radius 2 is 2.00 bits per heavy atom. The summed E-state index contributed by atoms with van der Waals surface area (Å²) < 4.78 is 26.4. The van der Waals surface area contributed by atoms with Crippen molar-refractivity contribution in [2.75, 3.05) is 0 Å². The number of rotatable bonds is 4. The maximum Gasteiger partial charge on any atom is 0.258 e. The Labute approximate surface area is 150 Å². The molecule has 1 amide bonds. The summed E-state index contributed by atoms with van der Waals surface area (Å²) in [6.45, 7) is 1.87. The third-order valence-corrected chi connectivity index (χ3v) is 5.84. The quantitative estimate of drug-likeness (QED) is 0.908. The molecule has 1 aromatic heterocycles. The first-order chi connectivity index (χ1) is 12.4. The molecule has 2 aromatic rings. The van der Waals surface area contributed by atoms with Gasteiger partial charge in [-0.05, 0) is 36.3 Å². The zero-order valence-electron chi connectivity index (χ0n) is 14.4. The Kier molecular flexibility index (Phi) is 4.01. The number of nitrogens with zero attached hydrogens (tertiary/aromatic N) is 1. The van der Waals surface area contributed by atoms with Crippen molar-refractivity contribution in [3.05, 3.63) is 42.2 Å². The first kappa shape index (κ1) is 17.1. The molecule has 136 valence electrons. The molecule has 0 bridgehead atoms. The molecular formula is C20H20F2N2O2. The van der Waals surface area contributed by atoms with Gasteiger partial charge in [-0.1, -0.05) is 19.1 Å². The minimum Gasteiger partial charge on any atom is -0.349 e. The van der Waals surface area contributed by atoms with E-state index in [-0.39, 0.29) is 30.1 Å². The SMILES string of the molecule is C[C@H]1C(C(=O)[C@H]2CC2(F)F)CC[C@@H]1NC(=O)c1cccc2ccncc12. The first-order valence-electron chi connectivity index (χ1n) is 8.93. The van der Waals surface area contributed by atoms with Gasteiger partial charge in [-0.2, -0.15) is 0 Å². The van der Waals surface area contributed by atoms with Crippen molar-refractivity contribution in [3.63, 3.8) is 0 Å². The minimum absolute atomic E-state index is 0.143. The van der Waals surface area contributed by atoms with E-state index in [0.717, 1.165) is 10.8 Å². The van der Waals surface area contributed by atoms with E-state index in [9.17, 15) is 18.4 Å². The zero-order valence-corrected chi connectivity index (χ0v) is 14.4. The van der Waals surface area contributed by atoms with Crippen LogP contribution in [0.3, 0.4) is 0 Å². The Morgan fingerprint density at radius 3 is 2.73 bits per heavy atom. The van der Waals surface area contributed by atoms with Gasteiger partial charge in [-0.25, -0.2) is 8.78 Å². The number of hydrogen-bond donors (Lipinski definition) is 1. The van der Waals surface area contributed by atoms with Crippen molar-refractivity contribution in [1.29, 1.82) is 0 Å². The Morgan fingerprint density at radius 1 is 1.23 bits per heavy atom. The molecule has 4 nitrogen and oxygen atoms in total. The van der Waals surface area contributed by atoms with Gasteiger partial charge in [0.05, 0.1) is 5.92 Å². The summed E-state index contributed by atoms with van der Waals surface area (Å²) in [4.78, 5) is 29.1. The summed E-state index contributed by atoms with van der Waals surface area (Å²) in [7, 11) is 0. The Bertz CT molecular complexity index is 878. The predicted octanol–water partition coefficient (Wildman–Crippen LogP) is 3.60. The minimum atomic E-state index is -2.83. The molecule has 2 aliphatic carbocycles. The number of halogens is 2. The average molecular weight is 358 g/mol. The summed E-state index contributed by atoms with van der Waals surface area (Å²) in [6, 6.07) is 7.13. The smallest absolute Gasteiger partial charge is 0.258 e. The van der Waals surface area contributed by atoms with E-state index in [0.29, 0.717) is 18.4 Å². The van der Waals surface area contributed by atoms with Crippen LogP contribution >= 0.6 is 0 Å². The largest absolute Gasteiger partial charge is 0.349 e. The summed E-state index contributed by atoms with van der Waals surface area (Å²) >= 11 is 0. The van der Waals surface area contributed by atoms with Crippen molar-refractivity contribution >= 4 is 22.5 Å². The molecule has 1 unspecified atom stereocenters. The first-order valence-corrected chi connectivity index (χ1v) is 8.93. The lowest BCUT2D eigenvalue weighted by atomic mass is 9.89. The standard InChI is InChI=1S/C20H20F2N2O2/c1-11-13(18(25)16-9-20(16,21)22)5-6-17(11)24-19(26)14-4-2-3-12-7-8-23-10-15(12)14/h2-4,7-8,10-11,13,16-17H,5-6,9H2,1H3,(H,24,26)/t11-,13?,16+,17-/m0/s1. The number of nitrogens with one attached hydrogen (secondary N) is 1. The van der Waals surface area contributed by atoms with Gasteiger partial charge in [-0.3, -0.25) is 14.6 Å². The second-order valence-electron chi connectivity index (χ2n) is 7.45. The molecule has 4 rings (SSSR count). The van der Waals surface area contributed by atoms with Crippen LogP contribution < -0.4 is 5.32 Å². The van der Waals surface area contributed by atoms with E-state index in [1.54, 1.807) is 18.5 Å². The number of ketones is 1. The van der Waals surface area contributed by atoms with Gasteiger partial charge in [0.15, 0.2) is 0 Å². The van der Waals surface area contributed by atoms with Crippen LogP contribution in [0.4, 0.5) is 8.78 Å². The number of hydrogen-bond acceptors (Lipinski definition) is 3. The van der Waals surface area contributed by atoms with Crippen LogP contribution in [0.25, 0.3) is 10.8 Å². The monoisotopic (exact) mass is 358 g/mol. The number of aromatic nitrogens is 1. The van der Waals surface area contributed by atoms with E-state index in [1.165, 1.54) is 0 Å². The van der Waals surface area contributed by atoms with Crippen molar-refractivity contribution in [3.8, 4) is 0 Å². The van der Waals surface area contributed by atoms with Crippen LogP contribution in [0.5, 0.6) is 0 Å². The predicted molar refractivity (Wildman–Crippen MR) is 92.9 cm³/mol. The van der Waals surface area contributed by atoms with Gasteiger partial charge in [0, 0.05) is 41.7 Å². The van der Waals surface area contributed by atoms with Crippen molar-refractivity contribution in [2.24, 2.45) is 17.8 Å². The van der Waals surface area contributed by atoms with E-state index in [4.69, 9.17) is 0 Å². The normalized spacial score (nSPS) is 29.5. The molecule has 2 fully saturated rings. The van der Waals surface area contributed by atoms with Crippen LogP contribution in [0.2, 0.25) is 0 Å². The number of carbonyl (C=O) groups excluding carboxylic acids is 2. The van der Waals surface area contributed by atoms with Crippen LogP contribution in [0.15, 0.2) is 36.7 Å². The van der Waals surface area contributed by atoms with E-state index in [2.05, 4.69) is 10.3 Å². The highest BCUT2D eigenvalue weighted by Gasteiger charge is 2.62. The summed E-state index contributed by atoms with van der Waals surface area (Å²) in [5, 5.41) is 4.69. The number of carbonyl (C=O) groups is 2. The molecule has 0 aliphatic heterocycles. The van der Waals surface area contributed by atoms with Crippen molar-refractivity contribution in [1.82, 2.24) is 10.3 Å². The molecule has 6 heteroatoms. The summed E-state index contributed by atoms with van der Waals surface area (Å²) in [6.07, 6.45) is 4.19. The maximum atomic E-state index is 13.2. The molecule has 26 heavy (non-hydrogen) atoms. The molecule has 0 saturated heterocycles. The third-order valence-electron chi connectivity index (χ3n) is 5.84. The van der Waals surface area contributed by atoms with Gasteiger partial charge in [-0.15, -0.1) is 0 Å². The second-order valence-corrected chi connectivity index (χ2v) is 7.45. The number of Topliss-reactive ketones (excluding diaryl/α,β-unsaturated/α-hetero) is 1. The van der Waals surface area contributed by atoms with Gasteiger partial charge in [0.1, 0.15) is 5.78 Å². The maximum absolute atomic E-state index is 13.2. The molecule has 2 aliphatic rings. The fourth-order valence-electron chi connectivity index (χ4n) is 4.11. The molecule has 0 radical (unpaired) electrons. The van der Waals surface area contributed by atoms with E-state index in [1.807, 2.05) is 25.1 Å². The molecule has 2 saturated carbocycles. The highest BCUT2D eigenvalue weighted by atomic mass is 19.3. The Balaban J connectivity index is 1.47. The number of benzene rings is 1. The molecule has 1 N–H and O–H groups in total. The second kappa shape index (κ2) is 6.11. The van der Waals surface area contributed by atoms with Crippen LogP contribution in [0, 0.1) is 17.8 Å². The van der Waals surface area contributed by atoms with E-state index >= 15 is 0 Å². The van der Waals surface area contributed by atoms with Crippen molar-refractivity contribution in [2.45, 2.75) is 38.2 Å². The lowest BCUT2D eigenvalue weighted by molar-refractivity contribution is -0.127. The zero-order chi connectivity index (χ0) is 18.5. The van der Waals surface area contributed by atoms with Gasteiger partial charge in [0.25, 0.3) is 11.8 Å². The highest BCUT2D eigenvalue weighted by Crippen LogP contribution is 2.52. The fourth-order valence-corrected chi connectivity index (χ4v) is 4.11. The number of pyridine rings is 1. The van der Waals surface area contributed by atoms with Crippen molar-refractivity contribution < 1.29 is 18.4 Å². The van der Waals surface area contributed by atoms with Gasteiger partial charge >= 0.3 is 0 Å². The topological polar surface area (TPSA) is 59.1 Å². The number of alkyl halides is 2. The molecule has 1 heterocycles. The van der Waals surface area contributed by atoms with Crippen LogP contribution in [0.1, 0.15) is 36.5 Å². The molecular weight excluding hydrogens is 338 g/mol. The fraction of sp³-hybridized carbons (Fsp3) is 0.450. The Hall–Kier alpha value is -2.37. The number of fused-ring (bicyclic) bond motifs is 1. The molecule has 0 spiro atoms. The summed E-state index contributed by atoms with van der Waals surface area (Å²) in [5.74, 6) is -5.04. The van der Waals surface area contributed by atoms with Crippen LogP contribution in [-0.4, -0.2) is 28.6 Å². The van der Waals surface area contributed by atoms with Crippen LogP contribution in [-0.2, 0) is 4.79 Å². The number of amides is 1. The molecule has 4 atom stereocenters. The van der Waals surface area contributed by atoms with Gasteiger partial charge < -0.3 is 5.32 Å². The van der Waals surface area contributed by atoms with Gasteiger partial charge in [0.2, 0.25) is 0 Å². The summed E-state index contributed by atoms with van der Waals surface area (Å²) in [5.41, 5.74) is 0.534. The third kappa shape index (κ3) is 2.87. The highest BCUT2D eigenvalue weighted by molar-refractivity contribution is 6.06. The lowest BCUT2D eigenvalue weighted by Crippen LogP contribution is -2.38. The van der Waals surface area contributed by atoms with E-state index < -0.39 is 17.8 Å². The molecule has 1 aromatic carbocycles. The average Bonchev–Trinajstić information content (AvgIpc) is 3.13.